The van der Waals surface area contributed by atoms with Gasteiger partial charge < -0.3 is 0 Å². The van der Waals surface area contributed by atoms with Gasteiger partial charge >= 0.3 is 0 Å². The summed E-state index contributed by atoms with van der Waals surface area (Å²) in [7, 11) is 0. The largest absolute Gasteiger partial charge is 0.169 e. The molecule has 0 unspecified atom stereocenters. The molecule has 0 aromatic heterocycles. The second kappa shape index (κ2) is 1.50. The quantitative estimate of drug-likeness (QED) is 0.419. The summed E-state index contributed by atoms with van der Waals surface area (Å²) in [6.07, 6.45) is 4.89. The standard InChI is InChI=1S/C5H9B/c1-2-6-4-3-5-6/h3-4H,2,5H2,1H3. The number of hydrogen-bond acceptors (Lipinski definition) is 0. The number of allylic oxidation sites excluding steroid dienone is 1. The highest BCUT2D eigenvalue weighted by atomic mass is 13.8. The fourth-order valence-corrected chi connectivity index (χ4v) is 0.631. The Morgan fingerprint density at radius 2 is 2.50 bits per heavy atom. The van der Waals surface area contributed by atoms with Crippen molar-refractivity contribution in [1.82, 2.24) is 0 Å². The molecule has 0 amide bonds. The summed E-state index contributed by atoms with van der Waals surface area (Å²) in [4.78, 5) is 0. The monoisotopic (exact) mass is 80.1 g/mol. The molecule has 1 aliphatic rings. The lowest BCUT2D eigenvalue weighted by Crippen LogP contribution is -2.12. The summed E-state index contributed by atoms with van der Waals surface area (Å²) in [5, 5.41) is 0. The summed E-state index contributed by atoms with van der Waals surface area (Å²) in [6, 6.07) is 0. The van der Waals surface area contributed by atoms with Crippen LogP contribution in [0.3, 0.4) is 0 Å². The van der Waals surface area contributed by atoms with Crippen molar-refractivity contribution >= 4 is 6.71 Å². The molecule has 0 aliphatic carbocycles. The fourth-order valence-electron chi connectivity index (χ4n) is 0.631. The van der Waals surface area contributed by atoms with Crippen molar-refractivity contribution in [2.45, 2.75) is 19.6 Å². The molecule has 6 heavy (non-hydrogen) atoms. The van der Waals surface area contributed by atoms with Crippen LogP contribution in [-0.4, -0.2) is 6.71 Å². The molecule has 0 saturated heterocycles. The van der Waals surface area contributed by atoms with E-state index in [1.807, 2.05) is 0 Å². The van der Waals surface area contributed by atoms with E-state index in [0.717, 1.165) is 6.71 Å². The van der Waals surface area contributed by atoms with Crippen LogP contribution in [0.4, 0.5) is 0 Å². The molecule has 32 valence electrons. The van der Waals surface area contributed by atoms with E-state index in [4.69, 9.17) is 0 Å². The first-order chi connectivity index (χ1) is 2.93. The molecule has 1 heterocycles. The highest BCUT2D eigenvalue weighted by Crippen LogP contribution is 2.10. The van der Waals surface area contributed by atoms with Crippen LogP contribution in [0.15, 0.2) is 12.1 Å². The molecule has 0 aromatic carbocycles. The zero-order chi connectivity index (χ0) is 4.41. The predicted molar refractivity (Wildman–Crippen MR) is 30.2 cm³/mol. The van der Waals surface area contributed by atoms with E-state index in [0.29, 0.717) is 0 Å². The van der Waals surface area contributed by atoms with Crippen LogP contribution in [0, 0.1) is 0 Å². The lowest BCUT2D eigenvalue weighted by Gasteiger charge is -2.08. The van der Waals surface area contributed by atoms with E-state index in [1.54, 1.807) is 0 Å². The SMILES string of the molecule is CCB1C=CC1. The minimum absolute atomic E-state index is 0.935. The Bertz CT molecular complexity index is 66.3. The van der Waals surface area contributed by atoms with Gasteiger partial charge in [0, 0.05) is 0 Å². The van der Waals surface area contributed by atoms with Gasteiger partial charge in [0.2, 0.25) is 0 Å². The molecule has 0 radical (unpaired) electrons. The lowest BCUT2D eigenvalue weighted by molar-refractivity contribution is 1.36. The Balaban J connectivity index is 2.21. The Morgan fingerprint density at radius 3 is 2.50 bits per heavy atom. The minimum Gasteiger partial charge on any atom is -0.119 e. The third-order valence-corrected chi connectivity index (χ3v) is 1.37. The van der Waals surface area contributed by atoms with Crippen LogP contribution in [-0.2, 0) is 0 Å². The van der Waals surface area contributed by atoms with Crippen molar-refractivity contribution in [3.05, 3.63) is 12.1 Å². The molecule has 1 heteroatoms. The van der Waals surface area contributed by atoms with Crippen molar-refractivity contribution in [2.24, 2.45) is 0 Å². The maximum Gasteiger partial charge on any atom is 0.169 e. The smallest absolute Gasteiger partial charge is 0.119 e. The second-order valence-corrected chi connectivity index (χ2v) is 1.83. The molecule has 0 bridgehead atoms. The van der Waals surface area contributed by atoms with Crippen molar-refractivity contribution in [3.8, 4) is 0 Å². The number of hydrogen-bond donors (Lipinski definition) is 0. The molecule has 0 N–H and O–H groups in total. The zero-order valence-corrected chi connectivity index (χ0v) is 4.15. The first-order valence-corrected chi connectivity index (χ1v) is 2.60. The molecule has 1 aliphatic heterocycles. The van der Waals surface area contributed by atoms with E-state index in [1.165, 1.54) is 12.6 Å². The van der Waals surface area contributed by atoms with E-state index in [-0.39, 0.29) is 0 Å². The molecule has 0 fully saturated rings. The van der Waals surface area contributed by atoms with Crippen LogP contribution in [0.2, 0.25) is 12.6 Å². The highest BCUT2D eigenvalue weighted by molar-refractivity contribution is 6.67. The van der Waals surface area contributed by atoms with Gasteiger partial charge in [-0.3, -0.25) is 0 Å². The summed E-state index contributed by atoms with van der Waals surface area (Å²) in [5.74, 6) is 2.28. The van der Waals surface area contributed by atoms with Gasteiger partial charge in [0.15, 0.2) is 6.71 Å². The maximum absolute atomic E-state index is 2.28. The summed E-state index contributed by atoms with van der Waals surface area (Å²) < 4.78 is 0. The highest BCUT2D eigenvalue weighted by Gasteiger charge is 2.09. The van der Waals surface area contributed by atoms with Gasteiger partial charge in [0.1, 0.15) is 0 Å². The van der Waals surface area contributed by atoms with Crippen molar-refractivity contribution < 1.29 is 0 Å². The molecule has 0 atom stereocenters. The minimum atomic E-state index is 0.935. The first-order valence-electron chi connectivity index (χ1n) is 2.60. The van der Waals surface area contributed by atoms with Crippen LogP contribution in [0.5, 0.6) is 0 Å². The van der Waals surface area contributed by atoms with Gasteiger partial charge in [-0.25, -0.2) is 0 Å². The second-order valence-electron chi connectivity index (χ2n) is 1.83. The van der Waals surface area contributed by atoms with Crippen molar-refractivity contribution in [2.75, 3.05) is 0 Å². The van der Waals surface area contributed by atoms with Crippen LogP contribution in [0.1, 0.15) is 6.92 Å². The van der Waals surface area contributed by atoms with E-state index in [9.17, 15) is 0 Å². The van der Waals surface area contributed by atoms with Gasteiger partial charge in [-0.05, 0) is 0 Å². The van der Waals surface area contributed by atoms with Gasteiger partial charge in [-0.1, -0.05) is 19.6 Å². The predicted octanol–water partition coefficient (Wildman–Crippen LogP) is 1.61. The molecular weight excluding hydrogens is 70.9 g/mol. The van der Waals surface area contributed by atoms with Crippen LogP contribution in [0.25, 0.3) is 0 Å². The van der Waals surface area contributed by atoms with Gasteiger partial charge in [-0.2, -0.15) is 0 Å². The third kappa shape index (κ3) is 0.491. The van der Waals surface area contributed by atoms with Gasteiger partial charge in [-0.15, -0.1) is 12.1 Å². The van der Waals surface area contributed by atoms with Crippen LogP contribution < -0.4 is 0 Å². The lowest BCUT2D eigenvalue weighted by atomic mass is 9.39. The van der Waals surface area contributed by atoms with E-state index < -0.39 is 0 Å². The Labute approximate surface area is 39.3 Å². The van der Waals surface area contributed by atoms with E-state index >= 15 is 0 Å². The number of rotatable bonds is 1. The molecule has 0 aromatic rings. The zero-order valence-electron chi connectivity index (χ0n) is 4.15. The average molecular weight is 79.9 g/mol. The summed E-state index contributed by atoms with van der Waals surface area (Å²) in [6.45, 7) is 3.17. The topological polar surface area (TPSA) is 0 Å². The Hall–Kier alpha value is -0.195. The molecular formula is C5H9B. The fraction of sp³-hybridized carbons (Fsp3) is 0.600. The van der Waals surface area contributed by atoms with Gasteiger partial charge in [0.05, 0.1) is 0 Å². The van der Waals surface area contributed by atoms with Gasteiger partial charge in [0.25, 0.3) is 0 Å². The molecule has 0 spiro atoms. The Morgan fingerprint density at radius 1 is 1.83 bits per heavy atom. The molecule has 1 rings (SSSR count). The first kappa shape index (κ1) is 3.98. The molecule has 0 nitrogen and oxygen atoms in total. The van der Waals surface area contributed by atoms with Crippen molar-refractivity contribution in [3.63, 3.8) is 0 Å². The van der Waals surface area contributed by atoms with E-state index in [2.05, 4.69) is 19.0 Å². The maximum atomic E-state index is 2.28. The normalized spacial score (nSPS) is 17.8. The third-order valence-electron chi connectivity index (χ3n) is 1.37. The average Bonchev–Trinajstić information content (AvgIpc) is 1.31. The molecule has 0 saturated carbocycles. The Kier molecular flexibility index (Phi) is 0.996. The summed E-state index contributed by atoms with van der Waals surface area (Å²) in [5.41, 5.74) is 0. The van der Waals surface area contributed by atoms with Crippen molar-refractivity contribution in [1.29, 1.82) is 0 Å². The summed E-state index contributed by atoms with van der Waals surface area (Å²) >= 11 is 0. The van der Waals surface area contributed by atoms with Crippen LogP contribution >= 0.6 is 0 Å².